The van der Waals surface area contributed by atoms with Crippen LogP contribution in [0.15, 0.2) is 17.5 Å². The highest BCUT2D eigenvalue weighted by atomic mass is 79.9. The normalized spacial score (nSPS) is 10.7. The van der Waals surface area contributed by atoms with Crippen molar-refractivity contribution in [1.29, 1.82) is 0 Å². The molecule has 14 heavy (non-hydrogen) atoms. The average molecular weight is 269 g/mol. The SMILES string of the molecule is Cc1c(CBr)ccc2c(C=O)csc12. The molecule has 0 bridgehead atoms. The first kappa shape index (κ1) is 9.87. The fourth-order valence-electron chi connectivity index (χ4n) is 1.53. The van der Waals surface area contributed by atoms with Gasteiger partial charge in [-0.3, -0.25) is 4.79 Å². The summed E-state index contributed by atoms with van der Waals surface area (Å²) in [5.74, 6) is 0. The Morgan fingerprint density at radius 3 is 2.93 bits per heavy atom. The Kier molecular flexibility index (Phi) is 2.70. The largest absolute Gasteiger partial charge is 0.298 e. The molecule has 0 fully saturated rings. The number of aryl methyl sites for hydroxylation is 1. The van der Waals surface area contributed by atoms with Crippen LogP contribution in [0.2, 0.25) is 0 Å². The highest BCUT2D eigenvalue weighted by molar-refractivity contribution is 9.08. The van der Waals surface area contributed by atoms with Crippen molar-refractivity contribution < 1.29 is 4.79 Å². The monoisotopic (exact) mass is 268 g/mol. The van der Waals surface area contributed by atoms with Gasteiger partial charge in [-0.25, -0.2) is 0 Å². The van der Waals surface area contributed by atoms with Crippen molar-refractivity contribution in [1.82, 2.24) is 0 Å². The highest BCUT2D eigenvalue weighted by Gasteiger charge is 2.07. The molecule has 0 radical (unpaired) electrons. The third-order valence-corrected chi connectivity index (χ3v) is 4.14. The molecule has 2 rings (SSSR count). The smallest absolute Gasteiger partial charge is 0.151 e. The minimum Gasteiger partial charge on any atom is -0.298 e. The van der Waals surface area contributed by atoms with Crippen LogP contribution < -0.4 is 0 Å². The number of hydrogen-bond acceptors (Lipinski definition) is 2. The van der Waals surface area contributed by atoms with Crippen LogP contribution in [0.1, 0.15) is 21.5 Å². The second-order valence-electron chi connectivity index (χ2n) is 3.17. The molecule has 72 valence electrons. The van der Waals surface area contributed by atoms with Gasteiger partial charge in [0.25, 0.3) is 0 Å². The van der Waals surface area contributed by atoms with Gasteiger partial charge in [-0.15, -0.1) is 11.3 Å². The minimum atomic E-state index is 0.800. The Morgan fingerprint density at radius 2 is 2.29 bits per heavy atom. The van der Waals surface area contributed by atoms with Gasteiger partial charge in [0, 0.05) is 26.4 Å². The van der Waals surface area contributed by atoms with E-state index >= 15 is 0 Å². The fraction of sp³-hybridized carbons (Fsp3) is 0.182. The van der Waals surface area contributed by atoms with E-state index in [0.717, 1.165) is 22.6 Å². The molecule has 0 saturated carbocycles. The van der Waals surface area contributed by atoms with E-state index in [1.54, 1.807) is 11.3 Å². The molecular formula is C11H9BrOS. The van der Waals surface area contributed by atoms with Crippen LogP contribution in [0.3, 0.4) is 0 Å². The van der Waals surface area contributed by atoms with Gasteiger partial charge >= 0.3 is 0 Å². The number of aldehydes is 1. The molecule has 1 heterocycles. The zero-order valence-electron chi connectivity index (χ0n) is 7.71. The molecule has 1 aromatic carbocycles. The van der Waals surface area contributed by atoms with Crippen molar-refractivity contribution in [2.75, 3.05) is 0 Å². The van der Waals surface area contributed by atoms with E-state index in [-0.39, 0.29) is 0 Å². The number of fused-ring (bicyclic) bond motifs is 1. The number of benzene rings is 1. The number of rotatable bonds is 2. The first-order valence-corrected chi connectivity index (χ1v) is 6.29. The van der Waals surface area contributed by atoms with Crippen LogP contribution in [-0.4, -0.2) is 6.29 Å². The Labute approximate surface area is 94.9 Å². The third-order valence-electron chi connectivity index (χ3n) is 2.40. The summed E-state index contributed by atoms with van der Waals surface area (Å²) in [6.45, 7) is 2.10. The number of carbonyl (C=O) groups is 1. The van der Waals surface area contributed by atoms with Gasteiger partial charge < -0.3 is 0 Å². The lowest BCUT2D eigenvalue weighted by molar-refractivity contribution is 0.112. The molecule has 0 amide bonds. The van der Waals surface area contributed by atoms with Gasteiger partial charge in [0.2, 0.25) is 0 Å². The third kappa shape index (κ3) is 1.41. The highest BCUT2D eigenvalue weighted by Crippen LogP contribution is 2.30. The van der Waals surface area contributed by atoms with Crippen LogP contribution >= 0.6 is 27.3 Å². The first-order valence-electron chi connectivity index (χ1n) is 4.28. The van der Waals surface area contributed by atoms with Gasteiger partial charge in [-0.1, -0.05) is 28.1 Å². The zero-order chi connectivity index (χ0) is 10.1. The van der Waals surface area contributed by atoms with Gasteiger partial charge in [-0.05, 0) is 18.1 Å². The summed E-state index contributed by atoms with van der Waals surface area (Å²) in [6, 6.07) is 4.10. The molecule has 1 aromatic heterocycles. The molecule has 0 unspecified atom stereocenters. The van der Waals surface area contributed by atoms with Crippen molar-refractivity contribution >= 4 is 43.6 Å². The van der Waals surface area contributed by atoms with Crippen molar-refractivity contribution in [3.63, 3.8) is 0 Å². The van der Waals surface area contributed by atoms with E-state index in [2.05, 4.69) is 28.9 Å². The van der Waals surface area contributed by atoms with Gasteiger partial charge in [0.05, 0.1) is 0 Å². The van der Waals surface area contributed by atoms with E-state index in [1.807, 2.05) is 11.4 Å². The van der Waals surface area contributed by atoms with E-state index in [0.29, 0.717) is 0 Å². The topological polar surface area (TPSA) is 17.1 Å². The quantitative estimate of drug-likeness (QED) is 0.596. The molecule has 0 aliphatic rings. The van der Waals surface area contributed by atoms with Crippen molar-refractivity contribution in [3.8, 4) is 0 Å². The zero-order valence-corrected chi connectivity index (χ0v) is 10.1. The van der Waals surface area contributed by atoms with Gasteiger partial charge in [0.15, 0.2) is 6.29 Å². The Balaban J connectivity index is 2.78. The lowest BCUT2D eigenvalue weighted by Gasteiger charge is -2.02. The number of alkyl halides is 1. The maximum absolute atomic E-state index is 10.7. The summed E-state index contributed by atoms with van der Waals surface area (Å²) in [5.41, 5.74) is 3.36. The Morgan fingerprint density at radius 1 is 1.50 bits per heavy atom. The molecule has 0 aliphatic heterocycles. The Hall–Kier alpha value is -0.670. The molecule has 0 atom stereocenters. The van der Waals surface area contributed by atoms with E-state index in [1.165, 1.54) is 15.8 Å². The minimum absolute atomic E-state index is 0.800. The van der Waals surface area contributed by atoms with Crippen LogP contribution in [0.25, 0.3) is 10.1 Å². The molecule has 0 spiro atoms. The Bertz CT molecular complexity index is 487. The molecular weight excluding hydrogens is 260 g/mol. The molecule has 0 saturated heterocycles. The second-order valence-corrected chi connectivity index (χ2v) is 4.61. The number of thiophene rings is 1. The second kappa shape index (κ2) is 3.83. The molecule has 1 nitrogen and oxygen atoms in total. The summed E-state index contributed by atoms with van der Waals surface area (Å²) in [4.78, 5) is 10.7. The predicted octanol–water partition coefficient (Wildman–Crippen LogP) is 3.92. The summed E-state index contributed by atoms with van der Waals surface area (Å²) < 4.78 is 1.23. The molecule has 0 N–H and O–H groups in total. The van der Waals surface area contributed by atoms with Crippen molar-refractivity contribution in [2.45, 2.75) is 12.3 Å². The van der Waals surface area contributed by atoms with Crippen molar-refractivity contribution in [3.05, 3.63) is 34.2 Å². The first-order chi connectivity index (χ1) is 6.77. The average Bonchev–Trinajstić information content (AvgIpc) is 2.62. The number of hydrogen-bond donors (Lipinski definition) is 0. The van der Waals surface area contributed by atoms with Gasteiger partial charge in [-0.2, -0.15) is 0 Å². The molecule has 3 heteroatoms. The predicted molar refractivity (Wildman–Crippen MR) is 64.6 cm³/mol. The summed E-state index contributed by atoms with van der Waals surface area (Å²) in [7, 11) is 0. The van der Waals surface area contributed by atoms with Crippen LogP contribution in [0, 0.1) is 6.92 Å². The number of carbonyl (C=O) groups excluding carboxylic acids is 1. The van der Waals surface area contributed by atoms with Crippen LogP contribution in [0.5, 0.6) is 0 Å². The maximum Gasteiger partial charge on any atom is 0.151 e. The lowest BCUT2D eigenvalue weighted by Crippen LogP contribution is -1.84. The maximum atomic E-state index is 10.7. The van der Waals surface area contributed by atoms with E-state index in [4.69, 9.17) is 0 Å². The van der Waals surface area contributed by atoms with Gasteiger partial charge in [0.1, 0.15) is 0 Å². The van der Waals surface area contributed by atoms with Crippen LogP contribution in [0.4, 0.5) is 0 Å². The standard InChI is InChI=1S/C11H9BrOS/c1-7-8(4-12)2-3-10-9(5-13)6-14-11(7)10/h2-3,5-6H,4H2,1H3. The molecule has 2 aromatic rings. The number of halogens is 1. The lowest BCUT2D eigenvalue weighted by atomic mass is 10.1. The summed E-state index contributed by atoms with van der Waals surface area (Å²) >= 11 is 5.10. The summed E-state index contributed by atoms with van der Waals surface area (Å²) in [5, 5.41) is 3.86. The van der Waals surface area contributed by atoms with E-state index < -0.39 is 0 Å². The van der Waals surface area contributed by atoms with E-state index in [9.17, 15) is 4.79 Å². The fourth-order valence-corrected chi connectivity index (χ4v) is 3.19. The van der Waals surface area contributed by atoms with Crippen molar-refractivity contribution in [2.24, 2.45) is 0 Å². The van der Waals surface area contributed by atoms with Crippen LogP contribution in [-0.2, 0) is 5.33 Å². The molecule has 0 aliphatic carbocycles. The summed E-state index contributed by atoms with van der Waals surface area (Å²) in [6.07, 6.45) is 0.923.